The van der Waals surface area contributed by atoms with Crippen LogP contribution in [0.5, 0.6) is 0 Å². The number of amides is 2. The molecule has 1 heterocycles. The van der Waals surface area contributed by atoms with Crippen molar-refractivity contribution in [2.24, 2.45) is 0 Å². The predicted octanol–water partition coefficient (Wildman–Crippen LogP) is 2.51. The maximum atomic E-state index is 11.4. The minimum Gasteiger partial charge on any atom is -0.366 e. The molecule has 4 nitrogen and oxygen atoms in total. The normalized spacial score (nSPS) is 15.5. The second-order valence-corrected chi connectivity index (χ2v) is 4.44. The fraction of sp³-hybridized carbons (Fsp3) is 0.273. The molecule has 1 N–H and O–H groups in total. The fourth-order valence-corrected chi connectivity index (χ4v) is 1.97. The third-order valence-corrected chi connectivity index (χ3v) is 3.35. The van der Waals surface area contributed by atoms with E-state index < -0.39 is 0 Å². The van der Waals surface area contributed by atoms with Crippen molar-refractivity contribution >= 4 is 40.7 Å². The number of hydrogen-bond donors (Lipinski definition) is 1. The topological polar surface area (TPSA) is 49.4 Å². The first-order chi connectivity index (χ1) is 8.09. The quantitative estimate of drug-likeness (QED) is 0.861. The first-order valence-electron chi connectivity index (χ1n) is 5.10. The van der Waals surface area contributed by atoms with E-state index in [-0.39, 0.29) is 31.3 Å². The molecule has 0 atom stereocenters. The molecular formula is C11H10Cl2N2O2. The van der Waals surface area contributed by atoms with Crippen LogP contribution >= 0.6 is 23.2 Å². The zero-order valence-corrected chi connectivity index (χ0v) is 10.4. The van der Waals surface area contributed by atoms with Crippen molar-refractivity contribution in [3.8, 4) is 0 Å². The van der Waals surface area contributed by atoms with Crippen LogP contribution in [0.4, 0.5) is 5.69 Å². The van der Waals surface area contributed by atoms with Gasteiger partial charge in [-0.2, -0.15) is 0 Å². The van der Waals surface area contributed by atoms with Crippen LogP contribution in [-0.4, -0.2) is 23.4 Å². The van der Waals surface area contributed by atoms with Crippen molar-refractivity contribution in [1.82, 2.24) is 4.90 Å². The summed E-state index contributed by atoms with van der Waals surface area (Å²) in [4.78, 5) is 23.9. The van der Waals surface area contributed by atoms with Crippen LogP contribution in [0.25, 0.3) is 0 Å². The van der Waals surface area contributed by atoms with Crippen LogP contribution in [0.1, 0.15) is 12.8 Å². The summed E-state index contributed by atoms with van der Waals surface area (Å²) in [5, 5.41) is 3.73. The van der Waals surface area contributed by atoms with Crippen LogP contribution in [0.2, 0.25) is 10.0 Å². The second-order valence-electron chi connectivity index (χ2n) is 3.65. The number of imide groups is 1. The van der Waals surface area contributed by atoms with Gasteiger partial charge in [-0.3, -0.25) is 14.5 Å². The number of carbonyl (C=O) groups is 2. The molecular weight excluding hydrogens is 263 g/mol. The minimum atomic E-state index is -0.166. The van der Waals surface area contributed by atoms with E-state index in [0.29, 0.717) is 15.7 Å². The van der Waals surface area contributed by atoms with Gasteiger partial charge >= 0.3 is 0 Å². The Bertz CT molecular complexity index is 461. The van der Waals surface area contributed by atoms with Crippen molar-refractivity contribution in [2.75, 3.05) is 12.0 Å². The van der Waals surface area contributed by atoms with Crippen LogP contribution in [0, 0.1) is 0 Å². The van der Waals surface area contributed by atoms with Gasteiger partial charge in [-0.15, -0.1) is 0 Å². The van der Waals surface area contributed by atoms with Crippen LogP contribution in [-0.2, 0) is 9.59 Å². The number of rotatable bonds is 3. The van der Waals surface area contributed by atoms with E-state index in [4.69, 9.17) is 23.2 Å². The summed E-state index contributed by atoms with van der Waals surface area (Å²) in [5.41, 5.74) is 0.603. The van der Waals surface area contributed by atoms with Gasteiger partial charge in [-0.05, 0) is 12.1 Å². The predicted molar refractivity (Wildman–Crippen MR) is 66.0 cm³/mol. The van der Waals surface area contributed by atoms with E-state index >= 15 is 0 Å². The summed E-state index contributed by atoms with van der Waals surface area (Å²) in [6, 6.07) is 5.14. The van der Waals surface area contributed by atoms with Crippen molar-refractivity contribution < 1.29 is 9.59 Å². The first-order valence-corrected chi connectivity index (χ1v) is 5.86. The third kappa shape index (κ3) is 2.53. The summed E-state index contributed by atoms with van der Waals surface area (Å²) in [6.45, 7) is 0.123. The number of halogens is 2. The van der Waals surface area contributed by atoms with E-state index in [0.717, 1.165) is 0 Å². The summed E-state index contributed by atoms with van der Waals surface area (Å²) in [7, 11) is 0. The molecule has 0 bridgehead atoms. The average molecular weight is 273 g/mol. The van der Waals surface area contributed by atoms with Gasteiger partial charge in [0.05, 0.1) is 22.4 Å². The Hall–Kier alpha value is -1.26. The SMILES string of the molecule is O=C1CCC(=O)N1CNc1cccc(Cl)c1Cl. The van der Waals surface area contributed by atoms with Gasteiger partial charge in [-0.25, -0.2) is 0 Å². The summed E-state index contributed by atoms with van der Waals surface area (Å²) < 4.78 is 0. The number of anilines is 1. The number of benzene rings is 1. The minimum absolute atomic E-state index is 0.123. The molecule has 0 spiro atoms. The lowest BCUT2D eigenvalue weighted by Gasteiger charge is -2.16. The lowest BCUT2D eigenvalue weighted by atomic mass is 10.3. The van der Waals surface area contributed by atoms with Gasteiger partial charge in [-0.1, -0.05) is 29.3 Å². The number of nitrogens with one attached hydrogen (secondary N) is 1. The molecule has 0 unspecified atom stereocenters. The smallest absolute Gasteiger partial charge is 0.231 e. The summed E-state index contributed by atoms with van der Waals surface area (Å²) in [5.74, 6) is -0.332. The maximum absolute atomic E-state index is 11.4. The molecule has 1 aromatic rings. The standard InChI is InChI=1S/C11H10Cl2N2O2/c12-7-2-1-3-8(11(7)13)14-6-15-9(16)4-5-10(15)17/h1-3,14H,4-6H2. The van der Waals surface area contributed by atoms with Crippen molar-refractivity contribution in [2.45, 2.75) is 12.8 Å². The van der Waals surface area contributed by atoms with Crippen LogP contribution in [0.3, 0.4) is 0 Å². The van der Waals surface area contributed by atoms with E-state index in [1.807, 2.05) is 0 Å². The Labute approximate surface area is 108 Å². The Morgan fingerprint density at radius 2 is 1.82 bits per heavy atom. The third-order valence-electron chi connectivity index (χ3n) is 2.53. The van der Waals surface area contributed by atoms with E-state index in [2.05, 4.69) is 5.32 Å². The second kappa shape index (κ2) is 4.94. The Morgan fingerprint density at radius 1 is 1.18 bits per heavy atom. The Morgan fingerprint density at radius 3 is 2.47 bits per heavy atom. The molecule has 1 aliphatic rings. The summed E-state index contributed by atoms with van der Waals surface area (Å²) >= 11 is 11.8. The Kier molecular flexibility index (Phi) is 3.54. The van der Waals surface area contributed by atoms with Gasteiger partial charge in [0.1, 0.15) is 0 Å². The molecule has 0 saturated carbocycles. The number of nitrogens with zero attached hydrogens (tertiary/aromatic N) is 1. The zero-order chi connectivity index (χ0) is 12.4. The molecule has 17 heavy (non-hydrogen) atoms. The van der Waals surface area contributed by atoms with Gasteiger partial charge in [0.25, 0.3) is 0 Å². The highest BCUT2D eigenvalue weighted by molar-refractivity contribution is 6.43. The highest BCUT2D eigenvalue weighted by Crippen LogP contribution is 2.29. The molecule has 1 aromatic carbocycles. The fourth-order valence-electron chi connectivity index (χ4n) is 1.60. The highest BCUT2D eigenvalue weighted by Gasteiger charge is 2.28. The molecule has 0 aliphatic carbocycles. The molecule has 2 amide bonds. The van der Waals surface area contributed by atoms with Gasteiger partial charge in [0, 0.05) is 12.8 Å². The van der Waals surface area contributed by atoms with Crippen molar-refractivity contribution in [1.29, 1.82) is 0 Å². The van der Waals surface area contributed by atoms with Crippen LogP contribution in [0.15, 0.2) is 18.2 Å². The molecule has 90 valence electrons. The number of hydrogen-bond acceptors (Lipinski definition) is 3. The number of likely N-dealkylation sites (tertiary alicyclic amines) is 1. The maximum Gasteiger partial charge on any atom is 0.231 e. The lowest BCUT2D eigenvalue weighted by molar-refractivity contribution is -0.137. The Balaban J connectivity index is 2.05. The highest BCUT2D eigenvalue weighted by atomic mass is 35.5. The largest absolute Gasteiger partial charge is 0.366 e. The number of carbonyl (C=O) groups excluding carboxylic acids is 2. The van der Waals surface area contributed by atoms with Crippen molar-refractivity contribution in [3.63, 3.8) is 0 Å². The summed E-state index contributed by atoms with van der Waals surface area (Å²) in [6.07, 6.45) is 0.563. The van der Waals surface area contributed by atoms with Gasteiger partial charge in [0.2, 0.25) is 11.8 Å². The monoisotopic (exact) mass is 272 g/mol. The molecule has 1 saturated heterocycles. The molecule has 0 aromatic heterocycles. The average Bonchev–Trinajstić information content (AvgIpc) is 2.62. The zero-order valence-electron chi connectivity index (χ0n) is 8.87. The molecule has 1 fully saturated rings. The first kappa shape index (κ1) is 12.2. The molecule has 0 radical (unpaired) electrons. The van der Waals surface area contributed by atoms with Gasteiger partial charge in [0.15, 0.2) is 0 Å². The van der Waals surface area contributed by atoms with E-state index in [1.165, 1.54) is 4.90 Å². The molecule has 1 aliphatic heterocycles. The van der Waals surface area contributed by atoms with Crippen LogP contribution < -0.4 is 5.32 Å². The molecule has 6 heteroatoms. The van der Waals surface area contributed by atoms with Crippen molar-refractivity contribution in [3.05, 3.63) is 28.2 Å². The molecule has 2 rings (SSSR count). The van der Waals surface area contributed by atoms with Gasteiger partial charge < -0.3 is 5.32 Å². The van der Waals surface area contributed by atoms with E-state index in [9.17, 15) is 9.59 Å². The van der Waals surface area contributed by atoms with E-state index in [1.54, 1.807) is 18.2 Å². The lowest BCUT2D eigenvalue weighted by Crippen LogP contribution is -2.33.